The lowest BCUT2D eigenvalue weighted by Crippen LogP contribution is -2.12. The molecule has 0 aliphatic carbocycles. The fourth-order valence-corrected chi connectivity index (χ4v) is 4.22. The molecule has 3 aromatic carbocycles. The van der Waals surface area contributed by atoms with Crippen LogP contribution >= 0.6 is 15.9 Å². The van der Waals surface area contributed by atoms with Crippen LogP contribution in [0.3, 0.4) is 0 Å². The molecule has 0 bridgehead atoms. The van der Waals surface area contributed by atoms with E-state index < -0.39 is 9.84 Å². The first-order valence-electron chi connectivity index (χ1n) is 7.88. The lowest BCUT2D eigenvalue weighted by Gasteiger charge is -2.08. The van der Waals surface area contributed by atoms with Gasteiger partial charge in [0, 0.05) is 15.7 Å². The van der Waals surface area contributed by atoms with Crippen molar-refractivity contribution in [2.45, 2.75) is 10.6 Å². The number of hydrogen-bond donors (Lipinski definition) is 1. The summed E-state index contributed by atoms with van der Waals surface area (Å²) >= 11 is 3.36. The van der Waals surface area contributed by atoms with Gasteiger partial charge in [-0.2, -0.15) is 0 Å². The molecule has 0 radical (unpaired) electrons. The van der Waals surface area contributed by atoms with Crippen LogP contribution in [0.25, 0.3) is 0 Å². The lowest BCUT2D eigenvalue weighted by atomic mass is 10.1. The van der Waals surface area contributed by atoms with Crippen molar-refractivity contribution in [3.8, 4) is 0 Å². The number of rotatable bonds is 5. The zero-order chi connectivity index (χ0) is 18.6. The van der Waals surface area contributed by atoms with Gasteiger partial charge in [-0.25, -0.2) is 8.42 Å². The van der Waals surface area contributed by atoms with Gasteiger partial charge in [0.1, 0.15) is 0 Å². The van der Waals surface area contributed by atoms with Crippen LogP contribution in [0.15, 0.2) is 88.2 Å². The second-order valence-electron chi connectivity index (χ2n) is 5.73. The third-order valence-electron chi connectivity index (χ3n) is 3.76. The van der Waals surface area contributed by atoms with Crippen LogP contribution in [0.5, 0.6) is 0 Å². The highest BCUT2D eigenvalue weighted by Gasteiger charge is 2.15. The van der Waals surface area contributed by atoms with Gasteiger partial charge in [-0.15, -0.1) is 0 Å². The maximum absolute atomic E-state index is 12.4. The first kappa shape index (κ1) is 18.4. The number of amides is 1. The molecule has 0 saturated heterocycles. The van der Waals surface area contributed by atoms with E-state index in [2.05, 4.69) is 21.2 Å². The molecule has 0 aliphatic rings. The maximum atomic E-state index is 12.4. The molecule has 0 unspecified atom stereocenters. The summed E-state index contributed by atoms with van der Waals surface area (Å²) in [5, 5.41) is 2.81. The third kappa shape index (κ3) is 4.59. The zero-order valence-corrected chi connectivity index (χ0v) is 16.1. The zero-order valence-electron chi connectivity index (χ0n) is 13.7. The van der Waals surface area contributed by atoms with E-state index in [1.54, 1.807) is 66.7 Å². The average molecular weight is 430 g/mol. The van der Waals surface area contributed by atoms with Gasteiger partial charge in [0.25, 0.3) is 5.91 Å². The minimum atomic E-state index is -3.41. The van der Waals surface area contributed by atoms with Gasteiger partial charge in [0.2, 0.25) is 0 Å². The van der Waals surface area contributed by atoms with Gasteiger partial charge in [-0.05, 0) is 48.0 Å². The largest absolute Gasteiger partial charge is 0.322 e. The van der Waals surface area contributed by atoms with Gasteiger partial charge in [0.05, 0.1) is 10.6 Å². The Bertz CT molecular complexity index is 1020. The van der Waals surface area contributed by atoms with E-state index in [1.807, 2.05) is 12.1 Å². The molecular weight excluding hydrogens is 414 g/mol. The van der Waals surface area contributed by atoms with Crippen molar-refractivity contribution in [1.29, 1.82) is 0 Å². The van der Waals surface area contributed by atoms with Crippen LogP contribution in [0, 0.1) is 0 Å². The smallest absolute Gasteiger partial charge is 0.255 e. The van der Waals surface area contributed by atoms with Gasteiger partial charge in [-0.1, -0.05) is 52.3 Å². The quantitative estimate of drug-likeness (QED) is 0.640. The summed E-state index contributed by atoms with van der Waals surface area (Å²) < 4.78 is 25.7. The summed E-state index contributed by atoms with van der Waals surface area (Å²) in [4.78, 5) is 12.6. The molecule has 4 nitrogen and oxygen atoms in total. The Labute approximate surface area is 160 Å². The van der Waals surface area contributed by atoms with Crippen LogP contribution in [-0.2, 0) is 15.6 Å². The van der Waals surface area contributed by atoms with Crippen molar-refractivity contribution in [2.75, 3.05) is 5.32 Å². The number of sulfone groups is 1. The standard InChI is InChI=1S/C20H16BrNO3S/c21-17-5-4-6-18(13-17)22-20(23)16-11-9-15(10-12-16)14-26(24,25)19-7-2-1-3-8-19/h1-13H,14H2,(H,22,23). The Balaban J connectivity index is 1.71. The maximum Gasteiger partial charge on any atom is 0.255 e. The SMILES string of the molecule is O=C(Nc1cccc(Br)c1)c1ccc(CS(=O)(=O)c2ccccc2)cc1. The molecule has 0 spiro atoms. The number of carbonyl (C=O) groups is 1. The first-order valence-corrected chi connectivity index (χ1v) is 10.3. The first-order chi connectivity index (χ1) is 12.4. The van der Waals surface area contributed by atoms with Crippen molar-refractivity contribution >= 4 is 37.4 Å². The minimum absolute atomic E-state index is 0.107. The Morgan fingerprint density at radius 1 is 0.885 bits per heavy atom. The molecule has 0 heterocycles. The molecule has 0 saturated carbocycles. The van der Waals surface area contributed by atoms with Gasteiger partial charge < -0.3 is 5.32 Å². The van der Waals surface area contributed by atoms with Crippen LogP contribution in [0.2, 0.25) is 0 Å². The van der Waals surface area contributed by atoms with Crippen molar-refractivity contribution in [1.82, 2.24) is 0 Å². The molecule has 0 aromatic heterocycles. The fourth-order valence-electron chi connectivity index (χ4n) is 2.45. The second-order valence-corrected chi connectivity index (χ2v) is 8.64. The number of nitrogens with one attached hydrogen (secondary N) is 1. The molecular formula is C20H16BrNO3S. The fraction of sp³-hybridized carbons (Fsp3) is 0.0500. The predicted octanol–water partition coefficient (Wildman–Crippen LogP) is 4.68. The summed E-state index contributed by atoms with van der Waals surface area (Å²) in [6.45, 7) is 0. The number of halogens is 1. The molecule has 6 heteroatoms. The normalized spacial score (nSPS) is 11.1. The van der Waals surface area contributed by atoms with E-state index in [9.17, 15) is 13.2 Å². The second kappa shape index (κ2) is 7.85. The van der Waals surface area contributed by atoms with E-state index >= 15 is 0 Å². The van der Waals surface area contributed by atoms with Crippen molar-refractivity contribution < 1.29 is 13.2 Å². The molecule has 0 atom stereocenters. The van der Waals surface area contributed by atoms with Gasteiger partial charge >= 0.3 is 0 Å². The molecule has 1 amide bonds. The average Bonchev–Trinajstić information content (AvgIpc) is 2.63. The molecule has 0 aliphatic heterocycles. The van der Waals surface area contributed by atoms with Gasteiger partial charge in [-0.3, -0.25) is 4.79 Å². The van der Waals surface area contributed by atoms with Gasteiger partial charge in [0.15, 0.2) is 9.84 Å². The Morgan fingerprint density at radius 3 is 2.23 bits per heavy atom. The highest BCUT2D eigenvalue weighted by Crippen LogP contribution is 2.18. The van der Waals surface area contributed by atoms with E-state index in [0.717, 1.165) is 4.47 Å². The molecule has 1 N–H and O–H groups in total. The monoisotopic (exact) mass is 429 g/mol. The Hall–Kier alpha value is -2.44. The minimum Gasteiger partial charge on any atom is -0.322 e. The third-order valence-corrected chi connectivity index (χ3v) is 5.95. The molecule has 3 aromatic rings. The lowest BCUT2D eigenvalue weighted by molar-refractivity contribution is 0.102. The number of carbonyl (C=O) groups excluding carboxylic acids is 1. The van der Waals surface area contributed by atoms with Crippen molar-refractivity contribution in [2.24, 2.45) is 0 Å². The Morgan fingerprint density at radius 2 is 1.58 bits per heavy atom. The van der Waals surface area contributed by atoms with E-state index in [1.165, 1.54) is 0 Å². The number of anilines is 1. The van der Waals surface area contributed by atoms with Crippen LogP contribution in [0.4, 0.5) is 5.69 Å². The summed E-state index contributed by atoms with van der Waals surface area (Å²) in [5.41, 5.74) is 1.78. The van der Waals surface area contributed by atoms with E-state index in [0.29, 0.717) is 16.8 Å². The molecule has 3 rings (SSSR count). The predicted molar refractivity (Wildman–Crippen MR) is 106 cm³/mol. The van der Waals surface area contributed by atoms with E-state index in [-0.39, 0.29) is 16.6 Å². The van der Waals surface area contributed by atoms with E-state index in [4.69, 9.17) is 0 Å². The molecule has 26 heavy (non-hydrogen) atoms. The topological polar surface area (TPSA) is 63.2 Å². The molecule has 132 valence electrons. The van der Waals surface area contributed by atoms with Crippen molar-refractivity contribution in [3.05, 3.63) is 94.5 Å². The van der Waals surface area contributed by atoms with Crippen LogP contribution < -0.4 is 5.32 Å². The highest BCUT2D eigenvalue weighted by atomic mass is 79.9. The van der Waals surface area contributed by atoms with Crippen molar-refractivity contribution in [3.63, 3.8) is 0 Å². The summed E-state index contributed by atoms with van der Waals surface area (Å²) in [6, 6.07) is 22.2. The highest BCUT2D eigenvalue weighted by molar-refractivity contribution is 9.10. The van der Waals surface area contributed by atoms with Crippen LogP contribution in [-0.4, -0.2) is 14.3 Å². The van der Waals surface area contributed by atoms with Crippen LogP contribution in [0.1, 0.15) is 15.9 Å². The summed E-state index contributed by atoms with van der Waals surface area (Å²) in [5.74, 6) is -0.356. The number of hydrogen-bond acceptors (Lipinski definition) is 3. The molecule has 0 fully saturated rings. The summed E-state index contributed by atoms with van der Waals surface area (Å²) in [6.07, 6.45) is 0. The Kier molecular flexibility index (Phi) is 5.54. The summed E-state index contributed by atoms with van der Waals surface area (Å²) in [7, 11) is -3.41. The number of benzene rings is 3.